The maximum atomic E-state index is 12.3. The second kappa shape index (κ2) is 9.37. The number of amides is 2. The molecule has 3 aromatic carbocycles. The molecule has 3 rings (SSSR count). The van der Waals surface area contributed by atoms with Crippen molar-refractivity contribution in [3.63, 3.8) is 0 Å². The summed E-state index contributed by atoms with van der Waals surface area (Å²) in [5.74, 6) is 0.441. The lowest BCUT2D eigenvalue weighted by molar-refractivity contribution is -0.115. The van der Waals surface area contributed by atoms with E-state index in [2.05, 4.69) is 10.6 Å². The van der Waals surface area contributed by atoms with Gasteiger partial charge < -0.3 is 15.4 Å². The van der Waals surface area contributed by atoms with Gasteiger partial charge in [0.1, 0.15) is 5.75 Å². The van der Waals surface area contributed by atoms with Crippen molar-refractivity contribution < 1.29 is 14.3 Å². The van der Waals surface area contributed by atoms with Gasteiger partial charge in [-0.15, -0.1) is 0 Å². The van der Waals surface area contributed by atoms with Gasteiger partial charge in [-0.25, -0.2) is 0 Å². The molecular weight excluding hydrogens is 352 g/mol. The number of anilines is 2. The summed E-state index contributed by atoms with van der Waals surface area (Å²) in [6, 6.07) is 23.6. The van der Waals surface area contributed by atoms with E-state index in [9.17, 15) is 9.59 Å². The molecule has 5 heteroatoms. The second-order valence-corrected chi connectivity index (χ2v) is 6.20. The molecule has 0 aliphatic carbocycles. The molecule has 0 aliphatic heterocycles. The van der Waals surface area contributed by atoms with E-state index in [0.29, 0.717) is 30.0 Å². The minimum atomic E-state index is -0.205. The summed E-state index contributed by atoms with van der Waals surface area (Å²) in [4.78, 5) is 24.4. The van der Waals surface area contributed by atoms with Crippen molar-refractivity contribution >= 4 is 23.2 Å². The number of carbonyl (C=O) groups excluding carboxylic acids is 2. The molecule has 0 saturated carbocycles. The van der Waals surface area contributed by atoms with Crippen LogP contribution in [0.1, 0.15) is 22.8 Å². The molecule has 2 N–H and O–H groups in total. The third-order valence-electron chi connectivity index (χ3n) is 4.06. The van der Waals surface area contributed by atoms with Gasteiger partial charge in [0.05, 0.1) is 13.0 Å². The number of hydrogen-bond acceptors (Lipinski definition) is 3. The fourth-order valence-corrected chi connectivity index (χ4v) is 2.70. The van der Waals surface area contributed by atoms with Gasteiger partial charge in [0.15, 0.2) is 0 Å². The van der Waals surface area contributed by atoms with Crippen LogP contribution in [0.5, 0.6) is 5.75 Å². The van der Waals surface area contributed by atoms with Gasteiger partial charge in [-0.05, 0) is 61.0 Å². The maximum Gasteiger partial charge on any atom is 0.255 e. The monoisotopic (exact) mass is 374 g/mol. The van der Waals surface area contributed by atoms with Crippen molar-refractivity contribution in [1.29, 1.82) is 0 Å². The highest BCUT2D eigenvalue weighted by molar-refractivity contribution is 6.04. The Labute approximate surface area is 164 Å². The predicted molar refractivity (Wildman–Crippen MR) is 111 cm³/mol. The molecule has 3 aromatic rings. The van der Waals surface area contributed by atoms with Crippen LogP contribution >= 0.6 is 0 Å². The van der Waals surface area contributed by atoms with Crippen molar-refractivity contribution in [2.24, 2.45) is 0 Å². The summed E-state index contributed by atoms with van der Waals surface area (Å²) in [5, 5.41) is 5.69. The lowest BCUT2D eigenvalue weighted by Crippen LogP contribution is -2.14. The number of benzene rings is 3. The molecule has 0 aromatic heterocycles. The lowest BCUT2D eigenvalue weighted by Gasteiger charge is -2.09. The summed E-state index contributed by atoms with van der Waals surface area (Å²) in [6.07, 6.45) is 0.317. The van der Waals surface area contributed by atoms with E-state index < -0.39 is 0 Å². The van der Waals surface area contributed by atoms with Crippen LogP contribution in [0, 0.1) is 0 Å². The highest BCUT2D eigenvalue weighted by Crippen LogP contribution is 2.17. The zero-order valence-corrected chi connectivity index (χ0v) is 15.6. The van der Waals surface area contributed by atoms with Crippen LogP contribution in [-0.2, 0) is 11.2 Å². The molecule has 142 valence electrons. The Hall–Kier alpha value is -3.60. The van der Waals surface area contributed by atoms with Crippen LogP contribution in [0.25, 0.3) is 0 Å². The molecule has 5 nitrogen and oxygen atoms in total. The topological polar surface area (TPSA) is 67.4 Å². The van der Waals surface area contributed by atoms with Gasteiger partial charge in [-0.1, -0.05) is 30.3 Å². The molecule has 0 radical (unpaired) electrons. The first-order valence-electron chi connectivity index (χ1n) is 9.12. The fraction of sp³-hybridized carbons (Fsp3) is 0.130. The van der Waals surface area contributed by atoms with E-state index in [1.807, 2.05) is 37.3 Å². The standard InChI is InChI=1S/C23H22N2O3/c1-2-28-21-14-8-18(9-15-21)23(27)25-20-12-10-19(11-13-20)24-22(26)16-17-6-4-3-5-7-17/h3-15H,2,16H2,1H3,(H,24,26)(H,25,27). The van der Waals surface area contributed by atoms with E-state index >= 15 is 0 Å². The minimum Gasteiger partial charge on any atom is -0.494 e. The Bertz CT molecular complexity index is 920. The minimum absolute atomic E-state index is 0.0858. The van der Waals surface area contributed by atoms with E-state index in [4.69, 9.17) is 4.74 Å². The number of rotatable bonds is 7. The van der Waals surface area contributed by atoms with Crippen molar-refractivity contribution in [2.45, 2.75) is 13.3 Å². The largest absolute Gasteiger partial charge is 0.494 e. The highest BCUT2D eigenvalue weighted by atomic mass is 16.5. The molecule has 28 heavy (non-hydrogen) atoms. The van der Waals surface area contributed by atoms with Crippen molar-refractivity contribution in [3.05, 3.63) is 90.0 Å². The average Bonchev–Trinajstić information content (AvgIpc) is 2.71. The molecule has 0 heterocycles. The van der Waals surface area contributed by atoms with Crippen molar-refractivity contribution in [3.8, 4) is 5.75 Å². The van der Waals surface area contributed by atoms with Gasteiger partial charge >= 0.3 is 0 Å². The quantitative estimate of drug-likeness (QED) is 0.639. The number of ether oxygens (including phenoxy) is 1. The summed E-state index contributed by atoms with van der Waals surface area (Å²) < 4.78 is 5.37. The lowest BCUT2D eigenvalue weighted by atomic mass is 10.1. The third-order valence-corrected chi connectivity index (χ3v) is 4.06. The second-order valence-electron chi connectivity index (χ2n) is 6.20. The average molecular weight is 374 g/mol. The SMILES string of the molecule is CCOc1ccc(C(=O)Nc2ccc(NC(=O)Cc3ccccc3)cc2)cc1. The summed E-state index contributed by atoms with van der Waals surface area (Å²) in [5.41, 5.74) is 2.84. The summed E-state index contributed by atoms with van der Waals surface area (Å²) in [6.45, 7) is 2.49. The van der Waals surface area contributed by atoms with E-state index in [0.717, 1.165) is 11.3 Å². The van der Waals surface area contributed by atoms with Crippen LogP contribution in [0.2, 0.25) is 0 Å². The Kier molecular flexibility index (Phi) is 6.41. The first-order chi connectivity index (χ1) is 13.6. The van der Waals surface area contributed by atoms with E-state index in [-0.39, 0.29) is 11.8 Å². The molecule has 0 unspecified atom stereocenters. The van der Waals surface area contributed by atoms with Gasteiger partial charge in [0.2, 0.25) is 5.91 Å². The van der Waals surface area contributed by atoms with Crippen molar-refractivity contribution in [2.75, 3.05) is 17.2 Å². The fourth-order valence-electron chi connectivity index (χ4n) is 2.70. The van der Waals surface area contributed by atoms with Crippen LogP contribution in [0.4, 0.5) is 11.4 Å². The Balaban J connectivity index is 1.55. The Morgan fingerprint density at radius 3 is 2.00 bits per heavy atom. The highest BCUT2D eigenvalue weighted by Gasteiger charge is 2.07. The van der Waals surface area contributed by atoms with Gasteiger partial charge in [-0.2, -0.15) is 0 Å². The summed E-state index contributed by atoms with van der Waals surface area (Å²) >= 11 is 0. The molecular formula is C23H22N2O3. The van der Waals surface area contributed by atoms with Gasteiger partial charge in [0, 0.05) is 16.9 Å². The molecule has 0 fully saturated rings. The van der Waals surface area contributed by atoms with Crippen molar-refractivity contribution in [1.82, 2.24) is 0 Å². The smallest absolute Gasteiger partial charge is 0.255 e. The zero-order valence-electron chi connectivity index (χ0n) is 15.6. The molecule has 0 saturated heterocycles. The third kappa shape index (κ3) is 5.45. The Morgan fingerprint density at radius 2 is 1.39 bits per heavy atom. The van der Waals surface area contributed by atoms with Gasteiger partial charge in [-0.3, -0.25) is 9.59 Å². The maximum absolute atomic E-state index is 12.3. The molecule has 0 spiro atoms. The number of hydrogen-bond donors (Lipinski definition) is 2. The zero-order chi connectivity index (χ0) is 19.8. The van der Waals surface area contributed by atoms with Crippen LogP contribution in [-0.4, -0.2) is 18.4 Å². The summed E-state index contributed by atoms with van der Waals surface area (Å²) in [7, 11) is 0. The van der Waals surface area contributed by atoms with Crippen LogP contribution in [0.15, 0.2) is 78.9 Å². The Morgan fingerprint density at radius 1 is 0.786 bits per heavy atom. The molecule has 0 bridgehead atoms. The first kappa shape index (κ1) is 19.2. The van der Waals surface area contributed by atoms with Gasteiger partial charge in [0.25, 0.3) is 5.91 Å². The van der Waals surface area contributed by atoms with E-state index in [1.54, 1.807) is 48.5 Å². The van der Waals surface area contributed by atoms with Crippen LogP contribution in [0.3, 0.4) is 0 Å². The molecule has 0 aliphatic rings. The van der Waals surface area contributed by atoms with E-state index in [1.165, 1.54) is 0 Å². The predicted octanol–water partition coefficient (Wildman–Crippen LogP) is 4.52. The molecule has 0 atom stereocenters. The normalized spacial score (nSPS) is 10.2. The van der Waals surface area contributed by atoms with Crippen LogP contribution < -0.4 is 15.4 Å². The molecule has 2 amide bonds. The number of carbonyl (C=O) groups is 2. The number of nitrogens with one attached hydrogen (secondary N) is 2. The first-order valence-corrected chi connectivity index (χ1v) is 9.12.